The van der Waals surface area contributed by atoms with E-state index in [1.807, 2.05) is 18.2 Å². The molecule has 0 aromatic heterocycles. The second-order valence-corrected chi connectivity index (χ2v) is 8.02. The first kappa shape index (κ1) is 20.0. The highest BCUT2D eigenvalue weighted by Gasteiger charge is 2.46. The van der Waals surface area contributed by atoms with E-state index in [0.29, 0.717) is 35.8 Å². The fourth-order valence-electron chi connectivity index (χ4n) is 4.11. The second kappa shape index (κ2) is 7.94. The van der Waals surface area contributed by atoms with Crippen LogP contribution in [0.5, 0.6) is 11.5 Å². The molecule has 0 bridgehead atoms. The number of nitrogens with one attached hydrogen (secondary N) is 2. The normalized spacial score (nSPS) is 19.1. The summed E-state index contributed by atoms with van der Waals surface area (Å²) in [6, 6.07) is 9.23. The average Bonchev–Trinajstić information content (AvgIpc) is 3.08. The molecule has 0 amide bonds. The summed E-state index contributed by atoms with van der Waals surface area (Å²) in [6.45, 7) is 1.51. The lowest BCUT2D eigenvalue weighted by molar-refractivity contribution is -0.225. The average molecular weight is 445 g/mol. The Labute approximate surface area is 183 Å². The molecule has 0 atom stereocenters. The summed E-state index contributed by atoms with van der Waals surface area (Å²) in [6.07, 6.45) is 0.619. The molecule has 2 N–H and O–H groups in total. The molecule has 1 saturated heterocycles. The lowest BCUT2D eigenvalue weighted by Gasteiger charge is -2.32. The second-order valence-electron chi connectivity index (χ2n) is 7.62. The quantitative estimate of drug-likeness (QED) is 0.698. The number of anilines is 1. The number of fused-ring (bicyclic) bond motifs is 3. The molecule has 162 valence electrons. The smallest absolute Gasteiger partial charge is 0.309 e. The maximum atomic E-state index is 12.2. The van der Waals surface area contributed by atoms with E-state index in [1.54, 1.807) is 12.1 Å². The first-order valence-corrected chi connectivity index (χ1v) is 10.5. The van der Waals surface area contributed by atoms with Crippen molar-refractivity contribution in [2.24, 2.45) is 0 Å². The molecule has 3 aliphatic rings. The van der Waals surface area contributed by atoms with Crippen LogP contribution in [0.15, 0.2) is 30.3 Å². The van der Waals surface area contributed by atoms with Gasteiger partial charge in [-0.1, -0.05) is 17.7 Å². The number of halogens is 1. The van der Waals surface area contributed by atoms with Crippen LogP contribution in [-0.4, -0.2) is 31.8 Å². The SMILES string of the molecule is O=C1CCC(=O)OC2(CNCCc3c2ccc(Cl)c3NCc2ccc3c(c2)OCO3)O1. The van der Waals surface area contributed by atoms with Gasteiger partial charge in [-0.05, 0) is 48.4 Å². The maximum Gasteiger partial charge on any atom is 0.309 e. The number of carbonyl (C=O) groups excluding carboxylic acids is 2. The van der Waals surface area contributed by atoms with Gasteiger partial charge in [0.25, 0.3) is 5.79 Å². The van der Waals surface area contributed by atoms with Crippen molar-refractivity contribution in [3.05, 3.63) is 52.0 Å². The summed E-state index contributed by atoms with van der Waals surface area (Å²) in [4.78, 5) is 24.5. The van der Waals surface area contributed by atoms with Gasteiger partial charge in [0.2, 0.25) is 6.79 Å². The lowest BCUT2D eigenvalue weighted by Crippen LogP contribution is -2.43. The Balaban J connectivity index is 1.49. The van der Waals surface area contributed by atoms with Gasteiger partial charge in [0.05, 0.1) is 30.1 Å². The van der Waals surface area contributed by atoms with Crippen molar-refractivity contribution in [2.45, 2.75) is 31.6 Å². The number of carbonyl (C=O) groups is 2. The van der Waals surface area contributed by atoms with Gasteiger partial charge in [0.15, 0.2) is 11.5 Å². The van der Waals surface area contributed by atoms with E-state index < -0.39 is 17.7 Å². The van der Waals surface area contributed by atoms with Crippen LogP contribution in [0.3, 0.4) is 0 Å². The van der Waals surface area contributed by atoms with Crippen LogP contribution >= 0.6 is 11.6 Å². The first-order valence-electron chi connectivity index (χ1n) is 10.1. The van der Waals surface area contributed by atoms with Crippen LogP contribution in [0.25, 0.3) is 0 Å². The molecule has 0 aliphatic carbocycles. The number of hydrogen-bond acceptors (Lipinski definition) is 8. The summed E-state index contributed by atoms with van der Waals surface area (Å²) in [5.74, 6) is -1.01. The van der Waals surface area contributed by atoms with E-state index in [-0.39, 0.29) is 26.2 Å². The van der Waals surface area contributed by atoms with E-state index in [0.717, 1.165) is 22.6 Å². The van der Waals surface area contributed by atoms with Crippen LogP contribution in [0.2, 0.25) is 5.02 Å². The van der Waals surface area contributed by atoms with Crippen LogP contribution in [0, 0.1) is 0 Å². The summed E-state index contributed by atoms with van der Waals surface area (Å²) < 4.78 is 22.2. The number of benzene rings is 2. The van der Waals surface area contributed by atoms with E-state index in [1.165, 1.54) is 0 Å². The highest BCUT2D eigenvalue weighted by molar-refractivity contribution is 6.33. The summed E-state index contributed by atoms with van der Waals surface area (Å²) in [5.41, 5.74) is 3.18. The fraction of sp³-hybridized carbons (Fsp3) is 0.364. The third-order valence-corrected chi connectivity index (χ3v) is 5.89. The van der Waals surface area contributed by atoms with Gasteiger partial charge in [-0.25, -0.2) is 0 Å². The zero-order valence-electron chi connectivity index (χ0n) is 16.7. The monoisotopic (exact) mass is 444 g/mol. The molecule has 0 unspecified atom stereocenters. The predicted octanol–water partition coefficient (Wildman–Crippen LogP) is 2.86. The van der Waals surface area contributed by atoms with Crippen molar-refractivity contribution in [1.29, 1.82) is 0 Å². The molecule has 1 spiro atoms. The Bertz CT molecular complexity index is 1040. The van der Waals surface area contributed by atoms with Crippen molar-refractivity contribution < 1.29 is 28.5 Å². The third-order valence-electron chi connectivity index (χ3n) is 5.58. The molecule has 5 rings (SSSR count). The highest BCUT2D eigenvalue weighted by Crippen LogP contribution is 2.40. The van der Waals surface area contributed by atoms with E-state index >= 15 is 0 Å². The largest absolute Gasteiger partial charge is 0.454 e. The third kappa shape index (κ3) is 3.77. The maximum absolute atomic E-state index is 12.2. The van der Waals surface area contributed by atoms with Crippen LogP contribution in [0.1, 0.15) is 29.5 Å². The number of hydrogen-bond donors (Lipinski definition) is 2. The minimum Gasteiger partial charge on any atom is -0.454 e. The van der Waals surface area contributed by atoms with Crippen molar-refractivity contribution in [1.82, 2.24) is 5.32 Å². The van der Waals surface area contributed by atoms with Crippen molar-refractivity contribution in [3.63, 3.8) is 0 Å². The molecule has 3 aliphatic heterocycles. The van der Waals surface area contributed by atoms with Gasteiger partial charge in [-0.2, -0.15) is 0 Å². The topological polar surface area (TPSA) is 95.1 Å². The minimum absolute atomic E-state index is 0.00126. The van der Waals surface area contributed by atoms with Gasteiger partial charge in [-0.3, -0.25) is 9.59 Å². The van der Waals surface area contributed by atoms with Gasteiger partial charge >= 0.3 is 11.9 Å². The zero-order valence-corrected chi connectivity index (χ0v) is 17.4. The van der Waals surface area contributed by atoms with Gasteiger partial charge < -0.3 is 29.6 Å². The Kier molecular flexibility index (Phi) is 5.11. The van der Waals surface area contributed by atoms with Crippen LogP contribution < -0.4 is 20.1 Å². The van der Waals surface area contributed by atoms with Gasteiger partial charge in [0, 0.05) is 12.1 Å². The molecule has 1 fully saturated rings. The van der Waals surface area contributed by atoms with E-state index in [4.69, 9.17) is 30.5 Å². The molecular weight excluding hydrogens is 424 g/mol. The Morgan fingerprint density at radius 3 is 2.58 bits per heavy atom. The van der Waals surface area contributed by atoms with Crippen LogP contribution in [-0.2, 0) is 37.8 Å². The first-order chi connectivity index (χ1) is 15.0. The lowest BCUT2D eigenvalue weighted by atomic mass is 9.96. The molecule has 8 nitrogen and oxygen atoms in total. The molecule has 9 heteroatoms. The Hall–Kier alpha value is -2.97. The summed E-state index contributed by atoms with van der Waals surface area (Å²) >= 11 is 6.55. The standard InChI is InChI=1S/C22H21ClN2O6/c23-16-3-2-15-14(7-8-24-11-22(15)30-19(26)5-6-20(27)31-22)21(16)25-10-13-1-4-17-18(9-13)29-12-28-17/h1-4,9,24-25H,5-8,10-12H2. The fourth-order valence-corrected chi connectivity index (χ4v) is 4.35. The predicted molar refractivity (Wildman–Crippen MR) is 111 cm³/mol. The van der Waals surface area contributed by atoms with E-state index in [2.05, 4.69) is 10.6 Å². The van der Waals surface area contributed by atoms with Crippen molar-refractivity contribution >= 4 is 29.2 Å². The minimum atomic E-state index is -1.50. The van der Waals surface area contributed by atoms with Gasteiger partial charge in [0.1, 0.15) is 0 Å². The summed E-state index contributed by atoms with van der Waals surface area (Å²) in [5, 5.41) is 7.15. The molecule has 0 saturated carbocycles. The molecular formula is C22H21ClN2O6. The van der Waals surface area contributed by atoms with E-state index in [9.17, 15) is 9.59 Å². The number of ether oxygens (including phenoxy) is 4. The highest BCUT2D eigenvalue weighted by atomic mass is 35.5. The molecule has 2 aromatic carbocycles. The van der Waals surface area contributed by atoms with Crippen molar-refractivity contribution in [3.8, 4) is 11.5 Å². The molecule has 3 heterocycles. The molecule has 31 heavy (non-hydrogen) atoms. The van der Waals surface area contributed by atoms with Crippen molar-refractivity contribution in [2.75, 3.05) is 25.2 Å². The summed E-state index contributed by atoms with van der Waals surface area (Å²) in [7, 11) is 0. The molecule has 0 radical (unpaired) electrons. The zero-order chi connectivity index (χ0) is 21.4. The Morgan fingerprint density at radius 1 is 1.00 bits per heavy atom. The van der Waals surface area contributed by atoms with Gasteiger partial charge in [-0.15, -0.1) is 0 Å². The van der Waals surface area contributed by atoms with Crippen LogP contribution in [0.4, 0.5) is 5.69 Å². The number of esters is 2. The number of rotatable bonds is 3. The molecule has 2 aromatic rings. The Morgan fingerprint density at radius 2 is 1.77 bits per heavy atom.